The van der Waals surface area contributed by atoms with E-state index in [4.69, 9.17) is 18.3 Å². The van der Waals surface area contributed by atoms with Crippen LogP contribution in [0.5, 0.6) is 11.5 Å². The van der Waals surface area contributed by atoms with E-state index in [2.05, 4.69) is 153 Å². The van der Waals surface area contributed by atoms with Crippen molar-refractivity contribution in [3.63, 3.8) is 0 Å². The number of benzene rings is 7. The number of fused-ring (bicyclic) bond motifs is 7. The van der Waals surface area contributed by atoms with Gasteiger partial charge in [-0.25, -0.2) is 0 Å². The Kier molecular flexibility index (Phi) is 7.52. The highest BCUT2D eigenvalue weighted by molar-refractivity contribution is 7.00. The maximum atomic E-state index is 6.53. The molecule has 3 aliphatic heterocycles. The lowest BCUT2D eigenvalue weighted by Crippen LogP contribution is -2.61. The summed E-state index contributed by atoms with van der Waals surface area (Å²) < 4.78 is 25.0. The van der Waals surface area contributed by atoms with Crippen LogP contribution in [-0.2, 0) is 5.41 Å². The lowest BCUT2D eigenvalue weighted by Gasteiger charge is -2.45. The van der Waals surface area contributed by atoms with Gasteiger partial charge in [0.25, 0.3) is 6.71 Å². The van der Waals surface area contributed by atoms with Crippen molar-refractivity contribution in [3.05, 3.63) is 163 Å². The van der Waals surface area contributed by atoms with Gasteiger partial charge in [0.2, 0.25) is 0 Å². The van der Waals surface area contributed by atoms with E-state index >= 15 is 0 Å². The summed E-state index contributed by atoms with van der Waals surface area (Å²) in [5.41, 5.74) is 16.7. The lowest BCUT2D eigenvalue weighted by molar-refractivity contribution is 0.171. The fourth-order valence-electron chi connectivity index (χ4n) is 9.51. The minimum Gasteiger partial charge on any atom is -0.486 e. The molecule has 290 valence electrons. The first-order chi connectivity index (χ1) is 29.2. The predicted molar refractivity (Wildman–Crippen MR) is 245 cm³/mol. The Bertz CT molecular complexity index is 3120. The number of para-hydroxylation sites is 2. The van der Waals surface area contributed by atoms with Crippen LogP contribution in [0.3, 0.4) is 0 Å². The summed E-state index contributed by atoms with van der Waals surface area (Å²) in [5, 5.41) is 2.18. The van der Waals surface area contributed by atoms with Crippen LogP contribution in [0.15, 0.2) is 160 Å². The molecule has 0 N–H and O–H groups in total. The Hall–Kier alpha value is -7.12. The first kappa shape index (κ1) is 34.9. The quantitative estimate of drug-likeness (QED) is 0.166. The molecule has 0 atom stereocenters. The van der Waals surface area contributed by atoms with Gasteiger partial charge in [-0.15, -0.1) is 0 Å². The Morgan fingerprint density at radius 3 is 1.73 bits per heavy atom. The zero-order chi connectivity index (χ0) is 40.3. The van der Waals surface area contributed by atoms with Crippen molar-refractivity contribution in [3.8, 4) is 34.1 Å². The summed E-state index contributed by atoms with van der Waals surface area (Å²) in [5.74, 6) is 3.25. The van der Waals surface area contributed by atoms with Crippen molar-refractivity contribution in [2.24, 2.45) is 0 Å². The molecule has 7 heteroatoms. The van der Waals surface area contributed by atoms with Gasteiger partial charge < -0.3 is 28.1 Å². The molecule has 6 nitrogen and oxygen atoms in total. The van der Waals surface area contributed by atoms with Crippen molar-refractivity contribution in [2.45, 2.75) is 33.1 Å². The third kappa shape index (κ3) is 5.42. The Morgan fingerprint density at radius 2 is 1.07 bits per heavy atom. The maximum Gasteiger partial charge on any atom is 0.252 e. The van der Waals surface area contributed by atoms with E-state index in [0.717, 1.165) is 90.2 Å². The zero-order valence-corrected chi connectivity index (χ0v) is 34.0. The fraction of sp³-hybridized carbons (Fsp3) is 0.132. The highest BCUT2D eigenvalue weighted by atomic mass is 16.6. The van der Waals surface area contributed by atoms with Crippen LogP contribution in [-0.4, -0.2) is 19.9 Å². The van der Waals surface area contributed by atoms with Crippen LogP contribution in [0, 0.1) is 6.92 Å². The van der Waals surface area contributed by atoms with E-state index < -0.39 is 0 Å². The monoisotopic (exact) mass is 780 g/mol. The normalized spacial score (nSPS) is 14.0. The molecule has 60 heavy (non-hydrogen) atoms. The highest BCUT2D eigenvalue weighted by Crippen LogP contribution is 2.47. The van der Waals surface area contributed by atoms with Crippen molar-refractivity contribution in [2.75, 3.05) is 23.0 Å². The van der Waals surface area contributed by atoms with Crippen molar-refractivity contribution in [1.82, 2.24) is 0 Å². The van der Waals surface area contributed by atoms with Gasteiger partial charge in [-0.3, -0.25) is 0 Å². The SMILES string of the molecule is Cc1cc2c3c(c1)N(c1ccc4c(c1)OCCO4)c1ccc(C(C)(C)C)cc1B3c1cc(-c3cc4ccccc4o3)ccc1N2c1ccc(-c2cc3ccccc3o2)cc1. The van der Waals surface area contributed by atoms with Gasteiger partial charge in [0, 0.05) is 56.4 Å². The standard InChI is InChI=1S/C53H41BN2O4/c1-32-25-44-52-45(26-32)56(39-19-22-48-51(31-39)58-24-23-57-48)43-21-16-37(53(2,3)4)30-41(43)54(52)40-27-36(50-29-35-10-6-8-12-47(35)60-50)15-20-42(40)55(44)38-17-13-33(14-18-38)49-28-34-9-5-7-11-46(34)59-49/h5-22,25-31H,23-24H2,1-4H3. The summed E-state index contributed by atoms with van der Waals surface area (Å²) in [6.45, 7) is 10.1. The van der Waals surface area contributed by atoms with Crippen molar-refractivity contribution in [1.29, 1.82) is 0 Å². The Labute approximate surface area is 349 Å². The number of hydrogen-bond acceptors (Lipinski definition) is 6. The minimum atomic E-state index is -0.0632. The molecule has 0 radical (unpaired) electrons. The molecular weight excluding hydrogens is 739 g/mol. The number of hydrogen-bond donors (Lipinski definition) is 0. The fourth-order valence-corrected chi connectivity index (χ4v) is 9.51. The Balaban J connectivity index is 1.11. The third-order valence-corrected chi connectivity index (χ3v) is 12.4. The topological polar surface area (TPSA) is 51.2 Å². The molecule has 7 aromatic carbocycles. The molecule has 2 aromatic heterocycles. The second kappa shape index (κ2) is 12.9. The van der Waals surface area contributed by atoms with Gasteiger partial charge in [-0.1, -0.05) is 75.4 Å². The molecule has 0 fully saturated rings. The zero-order valence-electron chi connectivity index (χ0n) is 34.0. The summed E-state index contributed by atoms with van der Waals surface area (Å²) in [6, 6.07) is 54.5. The number of nitrogens with zero attached hydrogens (tertiary/aromatic N) is 2. The van der Waals surface area contributed by atoms with Crippen LogP contribution in [0.4, 0.5) is 34.1 Å². The predicted octanol–water partition coefficient (Wildman–Crippen LogP) is 12.0. The number of aryl methyl sites for hydroxylation is 1. The molecule has 0 saturated carbocycles. The number of rotatable bonds is 4. The average molecular weight is 781 g/mol. The lowest BCUT2D eigenvalue weighted by atomic mass is 9.33. The molecule has 5 heterocycles. The van der Waals surface area contributed by atoms with Crippen LogP contribution in [0.1, 0.15) is 31.9 Å². The van der Waals surface area contributed by atoms with Crippen LogP contribution in [0.25, 0.3) is 44.6 Å². The van der Waals surface area contributed by atoms with Gasteiger partial charge in [0.15, 0.2) is 11.5 Å². The second-order valence-corrected chi connectivity index (χ2v) is 17.3. The largest absolute Gasteiger partial charge is 0.486 e. The highest BCUT2D eigenvalue weighted by Gasteiger charge is 2.44. The molecule has 0 amide bonds. The molecular formula is C53H41BN2O4. The first-order valence-electron chi connectivity index (χ1n) is 20.8. The first-order valence-corrected chi connectivity index (χ1v) is 20.8. The minimum absolute atomic E-state index is 0.0610. The molecule has 9 aromatic rings. The molecule has 0 saturated heterocycles. The van der Waals surface area contributed by atoms with E-state index in [-0.39, 0.29) is 12.1 Å². The second-order valence-electron chi connectivity index (χ2n) is 17.3. The molecule has 0 bridgehead atoms. The molecule has 0 unspecified atom stereocenters. The summed E-state index contributed by atoms with van der Waals surface area (Å²) in [7, 11) is 0. The van der Waals surface area contributed by atoms with Crippen LogP contribution in [0.2, 0.25) is 0 Å². The molecule has 0 spiro atoms. The van der Waals surface area contributed by atoms with Gasteiger partial charge in [-0.2, -0.15) is 0 Å². The van der Waals surface area contributed by atoms with E-state index in [1.165, 1.54) is 27.5 Å². The molecule has 12 rings (SSSR count). The van der Waals surface area contributed by atoms with E-state index in [1.807, 2.05) is 36.4 Å². The van der Waals surface area contributed by atoms with Crippen molar-refractivity contribution >= 4 is 79.2 Å². The average Bonchev–Trinajstić information content (AvgIpc) is 3.91. The summed E-state index contributed by atoms with van der Waals surface area (Å²) >= 11 is 0. The van der Waals surface area contributed by atoms with Gasteiger partial charge >= 0.3 is 0 Å². The van der Waals surface area contributed by atoms with Crippen LogP contribution < -0.4 is 35.7 Å². The third-order valence-electron chi connectivity index (χ3n) is 12.4. The number of anilines is 6. The summed E-state index contributed by atoms with van der Waals surface area (Å²) in [6.07, 6.45) is 0. The van der Waals surface area contributed by atoms with E-state index in [0.29, 0.717) is 13.2 Å². The van der Waals surface area contributed by atoms with E-state index in [9.17, 15) is 0 Å². The maximum absolute atomic E-state index is 6.53. The van der Waals surface area contributed by atoms with Gasteiger partial charge in [0.05, 0.1) is 5.69 Å². The molecule has 0 aliphatic carbocycles. The van der Waals surface area contributed by atoms with Crippen LogP contribution >= 0.6 is 0 Å². The molecule has 3 aliphatic rings. The summed E-state index contributed by atoms with van der Waals surface area (Å²) in [4.78, 5) is 4.88. The number of ether oxygens (including phenoxy) is 2. The van der Waals surface area contributed by atoms with Gasteiger partial charge in [0.1, 0.15) is 35.9 Å². The van der Waals surface area contributed by atoms with Gasteiger partial charge in [-0.05, 0) is 131 Å². The number of furan rings is 2. The Morgan fingerprint density at radius 1 is 0.500 bits per heavy atom. The van der Waals surface area contributed by atoms with E-state index in [1.54, 1.807) is 0 Å². The smallest absolute Gasteiger partial charge is 0.252 e. The van der Waals surface area contributed by atoms with Crippen molar-refractivity contribution < 1.29 is 18.3 Å².